The van der Waals surface area contributed by atoms with E-state index < -0.39 is 35.3 Å². The highest BCUT2D eigenvalue weighted by atomic mass is 35.5. The number of carbonyl (C=O) groups excluding carboxylic acids is 1. The summed E-state index contributed by atoms with van der Waals surface area (Å²) in [6, 6.07) is 14.9. The quantitative estimate of drug-likeness (QED) is 0.249. The maximum atomic E-state index is 13.2. The lowest BCUT2D eigenvalue weighted by molar-refractivity contribution is -0.384. The lowest BCUT2D eigenvalue weighted by Crippen LogP contribution is -2.43. The van der Waals surface area contributed by atoms with Gasteiger partial charge in [-0.25, -0.2) is 0 Å². The molecule has 0 spiro atoms. The molecule has 0 heterocycles. The molecule has 0 aliphatic heterocycles. The van der Waals surface area contributed by atoms with Crippen molar-refractivity contribution < 1.29 is 32.4 Å². The fourth-order valence-corrected chi connectivity index (χ4v) is 3.58. The van der Waals surface area contributed by atoms with E-state index in [0.717, 1.165) is 0 Å². The van der Waals surface area contributed by atoms with Gasteiger partial charge in [0.1, 0.15) is 12.4 Å². The highest BCUT2D eigenvalue weighted by Crippen LogP contribution is 2.40. The van der Waals surface area contributed by atoms with Gasteiger partial charge < -0.3 is 14.4 Å². The molecular formula is C23H17Cl2F3N2O5. The smallest absolute Gasteiger partial charge is 0.416 e. The molecular weight excluding hydrogens is 512 g/mol. The van der Waals surface area contributed by atoms with E-state index in [1.54, 1.807) is 30.3 Å². The first-order chi connectivity index (χ1) is 16.5. The molecule has 3 aromatic carbocycles. The Labute approximate surface area is 207 Å². The Morgan fingerprint density at radius 3 is 2.14 bits per heavy atom. The van der Waals surface area contributed by atoms with Gasteiger partial charge in [0.05, 0.1) is 20.5 Å². The number of amides is 1. The minimum absolute atomic E-state index is 0.151. The second kappa shape index (κ2) is 10.8. The summed E-state index contributed by atoms with van der Waals surface area (Å²) in [7, 11) is 1.43. The summed E-state index contributed by atoms with van der Waals surface area (Å²) in [5, 5.41) is 10.1. The third kappa shape index (κ3) is 6.55. The number of carbonyl (C=O) groups is 1. The van der Waals surface area contributed by atoms with E-state index in [1.807, 2.05) is 0 Å². The third-order valence-corrected chi connectivity index (χ3v) is 5.34. The Morgan fingerprint density at radius 1 is 1.06 bits per heavy atom. The number of benzene rings is 3. The molecule has 0 radical (unpaired) electrons. The summed E-state index contributed by atoms with van der Waals surface area (Å²) in [6.07, 6.45) is -5.93. The highest BCUT2D eigenvalue weighted by molar-refractivity contribution is 6.37. The first-order valence-electron chi connectivity index (χ1n) is 9.90. The summed E-state index contributed by atoms with van der Waals surface area (Å²) in [6.45, 7) is -0.449. The van der Waals surface area contributed by atoms with Crippen LogP contribution in [-0.4, -0.2) is 30.6 Å². The SMILES string of the molecule is CN(C(=O)C(COc1c(Cl)cc(C(F)(F)F)cc1Cl)Oc1ccccc1)c1ccc([N+](=O)[O-])cc1. The molecule has 0 aliphatic carbocycles. The molecule has 0 bridgehead atoms. The number of ether oxygens (including phenoxy) is 2. The van der Waals surface area contributed by atoms with Crippen LogP contribution >= 0.6 is 23.2 Å². The van der Waals surface area contributed by atoms with E-state index in [-0.39, 0.29) is 21.5 Å². The maximum absolute atomic E-state index is 13.2. The van der Waals surface area contributed by atoms with E-state index in [9.17, 15) is 28.1 Å². The van der Waals surface area contributed by atoms with Crippen LogP contribution in [0.25, 0.3) is 0 Å². The molecule has 1 amide bonds. The number of anilines is 1. The molecule has 184 valence electrons. The van der Waals surface area contributed by atoms with Gasteiger partial charge >= 0.3 is 6.18 Å². The number of para-hydroxylation sites is 1. The van der Waals surface area contributed by atoms with E-state index >= 15 is 0 Å². The number of hydrogen-bond acceptors (Lipinski definition) is 5. The van der Waals surface area contributed by atoms with Crippen LogP contribution in [0.15, 0.2) is 66.7 Å². The Kier molecular flexibility index (Phi) is 8.08. The van der Waals surface area contributed by atoms with E-state index in [0.29, 0.717) is 23.6 Å². The number of rotatable bonds is 8. The Balaban J connectivity index is 1.85. The second-order valence-electron chi connectivity index (χ2n) is 7.17. The van der Waals surface area contributed by atoms with E-state index in [4.69, 9.17) is 32.7 Å². The van der Waals surface area contributed by atoms with Gasteiger partial charge in [-0.15, -0.1) is 0 Å². The van der Waals surface area contributed by atoms with Crippen molar-refractivity contribution in [1.29, 1.82) is 0 Å². The average molecular weight is 529 g/mol. The fraction of sp³-hybridized carbons (Fsp3) is 0.174. The maximum Gasteiger partial charge on any atom is 0.416 e. The van der Waals surface area contributed by atoms with E-state index in [1.165, 1.54) is 36.2 Å². The fourth-order valence-electron chi connectivity index (χ4n) is 2.98. The topological polar surface area (TPSA) is 81.9 Å². The van der Waals surface area contributed by atoms with Gasteiger partial charge in [-0.2, -0.15) is 13.2 Å². The second-order valence-corrected chi connectivity index (χ2v) is 7.98. The minimum atomic E-state index is -4.66. The number of nitrogens with zero attached hydrogens (tertiary/aromatic N) is 2. The number of hydrogen-bond donors (Lipinski definition) is 0. The Bertz CT molecular complexity index is 1190. The first kappa shape index (κ1) is 26.1. The number of likely N-dealkylation sites (N-methyl/N-ethyl adjacent to an activating group) is 1. The van der Waals surface area contributed by atoms with Crippen molar-refractivity contribution in [2.45, 2.75) is 12.3 Å². The monoisotopic (exact) mass is 528 g/mol. The van der Waals surface area contributed by atoms with Crippen LogP contribution in [0.2, 0.25) is 10.0 Å². The van der Waals surface area contributed by atoms with Crippen molar-refractivity contribution in [2.24, 2.45) is 0 Å². The Hall–Kier alpha value is -3.50. The zero-order valence-corrected chi connectivity index (χ0v) is 19.5. The lowest BCUT2D eigenvalue weighted by Gasteiger charge is -2.25. The molecule has 0 N–H and O–H groups in total. The van der Waals surface area contributed by atoms with Gasteiger partial charge in [-0.3, -0.25) is 14.9 Å². The van der Waals surface area contributed by atoms with Crippen LogP contribution in [0.3, 0.4) is 0 Å². The Morgan fingerprint density at radius 2 is 1.63 bits per heavy atom. The molecule has 0 aliphatic rings. The molecule has 1 atom stereocenters. The number of halogens is 5. The lowest BCUT2D eigenvalue weighted by atomic mass is 10.2. The molecule has 0 saturated carbocycles. The molecule has 0 fully saturated rings. The van der Waals surface area contributed by atoms with Crippen molar-refractivity contribution in [2.75, 3.05) is 18.6 Å². The standard InChI is InChI=1S/C23H17Cl2F3N2O5/c1-29(15-7-9-16(10-8-15)30(32)33)22(31)20(35-17-5-3-2-4-6-17)13-34-21-18(24)11-14(12-19(21)25)23(26,27)28/h2-12,20H,13H2,1H3. The van der Waals surface area contributed by atoms with Crippen LogP contribution in [0.5, 0.6) is 11.5 Å². The molecule has 1 unspecified atom stereocenters. The van der Waals surface area contributed by atoms with Gasteiger partial charge in [0, 0.05) is 24.9 Å². The summed E-state index contributed by atoms with van der Waals surface area (Å²) < 4.78 is 50.3. The molecule has 3 aromatic rings. The van der Waals surface area contributed by atoms with Crippen LogP contribution in [0.1, 0.15) is 5.56 Å². The minimum Gasteiger partial charge on any atom is -0.486 e. The largest absolute Gasteiger partial charge is 0.486 e. The van der Waals surface area contributed by atoms with E-state index in [2.05, 4.69) is 0 Å². The predicted molar refractivity (Wildman–Crippen MR) is 124 cm³/mol. The molecule has 12 heteroatoms. The molecule has 0 saturated heterocycles. The van der Waals surface area contributed by atoms with Gasteiger partial charge in [-0.05, 0) is 36.4 Å². The van der Waals surface area contributed by atoms with Crippen LogP contribution in [-0.2, 0) is 11.0 Å². The van der Waals surface area contributed by atoms with Gasteiger partial charge in [0.2, 0.25) is 6.10 Å². The zero-order chi connectivity index (χ0) is 25.8. The van der Waals surface area contributed by atoms with Crippen molar-refractivity contribution in [3.63, 3.8) is 0 Å². The van der Waals surface area contributed by atoms with Crippen molar-refractivity contribution in [1.82, 2.24) is 0 Å². The zero-order valence-electron chi connectivity index (χ0n) is 18.0. The summed E-state index contributed by atoms with van der Waals surface area (Å²) in [4.78, 5) is 24.7. The summed E-state index contributed by atoms with van der Waals surface area (Å²) >= 11 is 11.9. The van der Waals surface area contributed by atoms with Crippen LogP contribution < -0.4 is 14.4 Å². The van der Waals surface area contributed by atoms with Gasteiger partial charge in [0.25, 0.3) is 11.6 Å². The van der Waals surface area contributed by atoms with Crippen molar-refractivity contribution >= 4 is 40.5 Å². The summed E-state index contributed by atoms with van der Waals surface area (Å²) in [5.74, 6) is -0.508. The van der Waals surface area contributed by atoms with Crippen molar-refractivity contribution in [3.8, 4) is 11.5 Å². The van der Waals surface area contributed by atoms with Gasteiger partial charge in [0.15, 0.2) is 5.75 Å². The number of alkyl halides is 3. The molecule has 3 rings (SSSR count). The molecule has 7 nitrogen and oxygen atoms in total. The first-order valence-corrected chi connectivity index (χ1v) is 10.7. The third-order valence-electron chi connectivity index (χ3n) is 4.78. The number of nitro benzene ring substituents is 1. The molecule has 0 aromatic heterocycles. The summed E-state index contributed by atoms with van der Waals surface area (Å²) in [5.41, 5.74) is -0.861. The average Bonchev–Trinajstić information content (AvgIpc) is 2.81. The molecule has 35 heavy (non-hydrogen) atoms. The van der Waals surface area contributed by atoms with Gasteiger partial charge in [-0.1, -0.05) is 41.4 Å². The number of nitro groups is 1. The normalized spacial score (nSPS) is 12.1. The highest BCUT2D eigenvalue weighted by Gasteiger charge is 2.33. The van der Waals surface area contributed by atoms with Crippen LogP contribution in [0, 0.1) is 10.1 Å². The predicted octanol–water partition coefficient (Wildman–Crippen LogP) is 6.41. The van der Waals surface area contributed by atoms with Crippen molar-refractivity contribution in [3.05, 3.63) is 92.5 Å². The number of non-ortho nitro benzene ring substituents is 1. The van der Waals surface area contributed by atoms with Crippen LogP contribution in [0.4, 0.5) is 24.5 Å².